The molecule has 1 N–H and O–H groups in total. The molecule has 0 radical (unpaired) electrons. The molecule has 150 valence electrons. The Hall–Kier alpha value is -1.78. The van der Waals surface area contributed by atoms with Gasteiger partial charge in [0.05, 0.1) is 16.4 Å². The van der Waals surface area contributed by atoms with Crippen LogP contribution in [0.15, 0.2) is 29.2 Å². The summed E-state index contributed by atoms with van der Waals surface area (Å²) in [5, 5.41) is 2.73. The zero-order valence-electron chi connectivity index (χ0n) is 14.9. The molecule has 0 spiro atoms. The van der Waals surface area contributed by atoms with E-state index in [1.807, 2.05) is 0 Å². The van der Waals surface area contributed by atoms with E-state index in [1.165, 1.54) is 28.8 Å². The molecule has 1 aromatic rings. The van der Waals surface area contributed by atoms with Crippen LogP contribution < -0.4 is 5.32 Å². The molecular weight excluding hydrogens is 423 g/mol. The van der Waals surface area contributed by atoms with E-state index in [0.717, 1.165) is 0 Å². The summed E-state index contributed by atoms with van der Waals surface area (Å²) in [7, 11) is -3.04. The van der Waals surface area contributed by atoms with Crippen LogP contribution in [-0.2, 0) is 19.4 Å². The summed E-state index contributed by atoms with van der Waals surface area (Å²) >= 11 is 6.43. The highest BCUT2D eigenvalue weighted by molar-refractivity contribution is 8.26. The number of nitrogens with zero attached hydrogens (tertiary/aromatic N) is 1. The normalized spacial score (nSPS) is 22.8. The summed E-state index contributed by atoms with van der Waals surface area (Å²) in [6.45, 7) is 0.307. The fourth-order valence-electron chi connectivity index (χ4n) is 3.01. The van der Waals surface area contributed by atoms with E-state index < -0.39 is 9.84 Å². The number of sulfone groups is 1. The monoisotopic (exact) mass is 442 g/mol. The fraction of sp³-hybridized carbons (Fsp3) is 0.389. The first kappa shape index (κ1) is 20.9. The van der Waals surface area contributed by atoms with Crippen molar-refractivity contribution in [2.24, 2.45) is 0 Å². The third-order valence-corrected chi connectivity index (χ3v) is 7.57. The fourth-order valence-corrected chi connectivity index (χ4v) is 5.99. The summed E-state index contributed by atoms with van der Waals surface area (Å²) in [4.78, 5) is 26.4. The van der Waals surface area contributed by atoms with Crippen LogP contribution >= 0.6 is 24.0 Å². The molecule has 0 aliphatic carbocycles. The Labute approximate surface area is 172 Å². The highest BCUT2D eigenvalue weighted by Gasteiger charge is 2.32. The zero-order chi connectivity index (χ0) is 20.3. The number of hydrogen-bond acceptors (Lipinski definition) is 6. The molecule has 2 heterocycles. The van der Waals surface area contributed by atoms with Crippen molar-refractivity contribution in [3.05, 3.63) is 40.6 Å². The number of carbonyl (C=O) groups is 2. The maximum atomic E-state index is 13.0. The minimum Gasteiger partial charge on any atom is -0.352 e. The molecular formula is C18H19FN2O4S3. The smallest absolute Gasteiger partial charge is 0.266 e. The Bertz CT molecular complexity index is 929. The molecule has 1 aromatic carbocycles. The molecule has 10 heteroatoms. The van der Waals surface area contributed by atoms with Gasteiger partial charge < -0.3 is 5.32 Å². The maximum absolute atomic E-state index is 13.0. The first-order chi connectivity index (χ1) is 13.2. The van der Waals surface area contributed by atoms with Crippen molar-refractivity contribution in [3.63, 3.8) is 0 Å². The molecule has 3 rings (SSSR count). The molecule has 1 atom stereocenters. The van der Waals surface area contributed by atoms with Gasteiger partial charge in [0.15, 0.2) is 9.84 Å². The quantitative estimate of drug-likeness (QED) is 0.537. The van der Waals surface area contributed by atoms with E-state index in [0.29, 0.717) is 34.2 Å². The number of rotatable bonds is 6. The van der Waals surface area contributed by atoms with Crippen LogP contribution in [0.2, 0.25) is 0 Å². The molecule has 2 amide bonds. The minimum atomic E-state index is -3.04. The van der Waals surface area contributed by atoms with E-state index in [4.69, 9.17) is 12.2 Å². The Morgan fingerprint density at radius 3 is 2.71 bits per heavy atom. The molecule has 2 saturated heterocycles. The average molecular weight is 443 g/mol. The first-order valence-electron chi connectivity index (χ1n) is 8.74. The number of thioether (sulfide) groups is 1. The predicted octanol–water partition coefficient (Wildman–Crippen LogP) is 2.11. The van der Waals surface area contributed by atoms with Crippen molar-refractivity contribution >= 4 is 56.0 Å². The summed E-state index contributed by atoms with van der Waals surface area (Å²) in [5.41, 5.74) is 0.702. The van der Waals surface area contributed by atoms with Gasteiger partial charge in [0, 0.05) is 19.0 Å². The van der Waals surface area contributed by atoms with Gasteiger partial charge in [-0.2, -0.15) is 0 Å². The number of hydrogen-bond donors (Lipinski definition) is 1. The van der Waals surface area contributed by atoms with Gasteiger partial charge in [0.25, 0.3) is 5.91 Å². The molecule has 2 fully saturated rings. The summed E-state index contributed by atoms with van der Waals surface area (Å²) in [5.74, 6) is -0.717. The number of halogens is 1. The lowest BCUT2D eigenvalue weighted by Crippen LogP contribution is -2.36. The summed E-state index contributed by atoms with van der Waals surface area (Å²) < 4.78 is 36.3. The maximum Gasteiger partial charge on any atom is 0.266 e. The van der Waals surface area contributed by atoms with Gasteiger partial charge in [-0.1, -0.05) is 36.1 Å². The third kappa shape index (κ3) is 5.39. The highest BCUT2D eigenvalue weighted by atomic mass is 32.2. The van der Waals surface area contributed by atoms with Crippen molar-refractivity contribution in [3.8, 4) is 0 Å². The lowest BCUT2D eigenvalue weighted by molar-refractivity contribution is -0.124. The molecule has 0 aromatic heterocycles. The van der Waals surface area contributed by atoms with Gasteiger partial charge in [0.1, 0.15) is 10.1 Å². The Morgan fingerprint density at radius 1 is 1.36 bits per heavy atom. The summed E-state index contributed by atoms with van der Waals surface area (Å²) in [6, 6.07) is 5.47. The molecule has 0 saturated carbocycles. The van der Waals surface area contributed by atoms with Gasteiger partial charge in [-0.3, -0.25) is 14.5 Å². The van der Waals surface area contributed by atoms with Crippen molar-refractivity contribution in [2.45, 2.75) is 25.3 Å². The topological polar surface area (TPSA) is 83.6 Å². The number of benzene rings is 1. The van der Waals surface area contributed by atoms with Crippen molar-refractivity contribution < 1.29 is 22.4 Å². The SMILES string of the molecule is O=C(CCCN1C(=O)/C(=C/c2ccc(F)cc2)SC1=S)N[C@@H]1CCS(=O)(=O)C1. The van der Waals surface area contributed by atoms with Gasteiger partial charge in [-0.05, 0) is 36.6 Å². The van der Waals surface area contributed by atoms with Gasteiger partial charge in [-0.25, -0.2) is 12.8 Å². The van der Waals surface area contributed by atoms with Crippen LogP contribution in [0, 0.1) is 5.82 Å². The predicted molar refractivity (Wildman–Crippen MR) is 111 cm³/mol. The van der Waals surface area contributed by atoms with Crippen LogP contribution in [0.3, 0.4) is 0 Å². The van der Waals surface area contributed by atoms with Crippen molar-refractivity contribution in [1.29, 1.82) is 0 Å². The number of amides is 2. The molecule has 2 aliphatic heterocycles. The van der Waals surface area contributed by atoms with Crippen LogP contribution in [0.25, 0.3) is 6.08 Å². The summed E-state index contributed by atoms with van der Waals surface area (Å²) in [6.07, 6.45) is 2.70. The number of carbonyl (C=O) groups excluding carboxylic acids is 2. The average Bonchev–Trinajstić information content (AvgIpc) is 3.09. The van der Waals surface area contributed by atoms with Crippen LogP contribution in [-0.4, -0.2) is 53.5 Å². The van der Waals surface area contributed by atoms with E-state index in [1.54, 1.807) is 18.2 Å². The number of thiocarbonyl (C=S) groups is 1. The second-order valence-electron chi connectivity index (χ2n) is 6.66. The Balaban J connectivity index is 1.49. The molecule has 2 aliphatic rings. The molecule has 28 heavy (non-hydrogen) atoms. The van der Waals surface area contributed by atoms with Gasteiger partial charge in [0.2, 0.25) is 5.91 Å². The van der Waals surface area contributed by atoms with E-state index >= 15 is 0 Å². The highest BCUT2D eigenvalue weighted by Crippen LogP contribution is 2.32. The van der Waals surface area contributed by atoms with Gasteiger partial charge >= 0.3 is 0 Å². The zero-order valence-corrected chi connectivity index (χ0v) is 17.3. The second-order valence-corrected chi connectivity index (χ2v) is 10.6. The minimum absolute atomic E-state index is 0.0123. The molecule has 0 unspecified atom stereocenters. The lowest BCUT2D eigenvalue weighted by atomic mass is 10.2. The Kier molecular flexibility index (Phi) is 6.51. The van der Waals surface area contributed by atoms with Crippen LogP contribution in [0.4, 0.5) is 4.39 Å². The molecule has 0 bridgehead atoms. The lowest BCUT2D eigenvalue weighted by Gasteiger charge is -2.15. The van der Waals surface area contributed by atoms with Crippen LogP contribution in [0.1, 0.15) is 24.8 Å². The van der Waals surface area contributed by atoms with Crippen LogP contribution in [0.5, 0.6) is 0 Å². The third-order valence-electron chi connectivity index (χ3n) is 4.42. The van der Waals surface area contributed by atoms with Crippen molar-refractivity contribution in [2.75, 3.05) is 18.1 Å². The standard InChI is InChI=1S/C18H19FN2O4S3/c19-13-5-3-12(4-6-13)10-15-17(23)21(18(26)27-15)8-1-2-16(22)20-14-7-9-28(24,25)11-14/h3-6,10,14H,1-2,7-9,11H2,(H,20,22)/b15-10-/t14-/m1/s1. The van der Waals surface area contributed by atoms with E-state index in [-0.39, 0.29) is 41.6 Å². The second kappa shape index (κ2) is 8.71. The van der Waals surface area contributed by atoms with E-state index in [2.05, 4.69) is 5.32 Å². The molecule has 6 nitrogen and oxygen atoms in total. The first-order valence-corrected chi connectivity index (χ1v) is 11.8. The van der Waals surface area contributed by atoms with Crippen molar-refractivity contribution in [1.82, 2.24) is 10.2 Å². The van der Waals surface area contributed by atoms with Gasteiger partial charge in [-0.15, -0.1) is 0 Å². The Morgan fingerprint density at radius 2 is 2.07 bits per heavy atom. The number of nitrogens with one attached hydrogen (secondary N) is 1. The largest absolute Gasteiger partial charge is 0.352 e. The van der Waals surface area contributed by atoms with E-state index in [9.17, 15) is 22.4 Å².